The van der Waals surface area contributed by atoms with Gasteiger partial charge in [0.05, 0.1) is 11.9 Å². The van der Waals surface area contributed by atoms with Crippen molar-refractivity contribution in [1.29, 1.82) is 0 Å². The monoisotopic (exact) mass is 248 g/mol. The lowest BCUT2D eigenvalue weighted by molar-refractivity contribution is 0.246. The van der Waals surface area contributed by atoms with Gasteiger partial charge in [-0.15, -0.1) is 0 Å². The van der Waals surface area contributed by atoms with Gasteiger partial charge in [-0.1, -0.05) is 19.3 Å². The highest BCUT2D eigenvalue weighted by Crippen LogP contribution is 2.31. The third kappa shape index (κ3) is 2.39. The molecule has 0 amide bonds. The van der Waals surface area contributed by atoms with Crippen LogP contribution in [0.4, 0.5) is 5.69 Å². The highest BCUT2D eigenvalue weighted by molar-refractivity contribution is 5.43. The largest absolute Gasteiger partial charge is 0.367 e. The Morgan fingerprint density at radius 3 is 2.78 bits per heavy atom. The summed E-state index contributed by atoms with van der Waals surface area (Å²) in [6.07, 6.45) is 12.2. The molecule has 1 saturated heterocycles. The van der Waals surface area contributed by atoms with E-state index in [0.29, 0.717) is 5.54 Å². The van der Waals surface area contributed by atoms with E-state index >= 15 is 0 Å². The van der Waals surface area contributed by atoms with Crippen LogP contribution in [0.25, 0.3) is 0 Å². The summed E-state index contributed by atoms with van der Waals surface area (Å²) in [5.74, 6) is 0. The first-order valence-corrected chi connectivity index (χ1v) is 7.26. The first-order valence-electron chi connectivity index (χ1n) is 7.26. The molecule has 0 unspecified atom stereocenters. The molecule has 18 heavy (non-hydrogen) atoms. The number of aryl methyl sites for hydroxylation is 1. The fraction of sp³-hybridized carbons (Fsp3) is 0.786. The fourth-order valence-corrected chi connectivity index (χ4v) is 3.48. The molecular weight excluding hydrogens is 224 g/mol. The van der Waals surface area contributed by atoms with Crippen LogP contribution in [0, 0.1) is 0 Å². The van der Waals surface area contributed by atoms with Gasteiger partial charge in [0.1, 0.15) is 0 Å². The van der Waals surface area contributed by atoms with Crippen molar-refractivity contribution in [3.8, 4) is 0 Å². The number of nitrogens with one attached hydrogen (secondary N) is 1. The van der Waals surface area contributed by atoms with E-state index in [9.17, 15) is 0 Å². The third-order valence-corrected chi connectivity index (χ3v) is 4.47. The van der Waals surface area contributed by atoms with Gasteiger partial charge >= 0.3 is 0 Å². The van der Waals surface area contributed by atoms with Gasteiger partial charge in [0.15, 0.2) is 0 Å². The molecule has 1 aromatic rings. The summed E-state index contributed by atoms with van der Waals surface area (Å²) in [4.78, 5) is 2.53. The van der Waals surface area contributed by atoms with Crippen LogP contribution in [0.3, 0.4) is 0 Å². The minimum absolute atomic E-state index is 0.366. The van der Waals surface area contributed by atoms with E-state index in [1.807, 2.05) is 17.9 Å². The van der Waals surface area contributed by atoms with E-state index < -0.39 is 0 Å². The number of hydrogen-bond donors (Lipinski definition) is 1. The predicted molar refractivity (Wildman–Crippen MR) is 73.9 cm³/mol. The van der Waals surface area contributed by atoms with Crippen LogP contribution in [0.1, 0.15) is 38.5 Å². The van der Waals surface area contributed by atoms with E-state index in [0.717, 1.165) is 19.6 Å². The molecular formula is C14H24N4. The summed E-state index contributed by atoms with van der Waals surface area (Å²) in [7, 11) is 2.00. The molecule has 1 saturated carbocycles. The molecule has 1 aromatic heterocycles. The maximum atomic E-state index is 4.31. The summed E-state index contributed by atoms with van der Waals surface area (Å²) in [6, 6.07) is 0. The lowest BCUT2D eigenvalue weighted by Gasteiger charge is -2.40. The fourth-order valence-electron chi connectivity index (χ4n) is 3.48. The van der Waals surface area contributed by atoms with Crippen molar-refractivity contribution in [3.05, 3.63) is 12.4 Å². The standard InChI is InChI=1S/C14H24N4/c1-17-11-13(10-16-17)18-9-5-8-15-14(12-18)6-3-2-4-7-14/h10-11,15H,2-9,12H2,1H3. The van der Waals surface area contributed by atoms with Crippen LogP contribution in [0.15, 0.2) is 12.4 Å². The third-order valence-electron chi connectivity index (χ3n) is 4.47. The summed E-state index contributed by atoms with van der Waals surface area (Å²) < 4.78 is 1.90. The van der Waals surface area contributed by atoms with Crippen molar-refractivity contribution in [2.24, 2.45) is 7.05 Å². The molecule has 4 nitrogen and oxygen atoms in total. The van der Waals surface area contributed by atoms with Crippen molar-refractivity contribution >= 4 is 5.69 Å². The van der Waals surface area contributed by atoms with Crippen molar-refractivity contribution in [2.45, 2.75) is 44.1 Å². The second kappa shape index (κ2) is 4.92. The van der Waals surface area contributed by atoms with Gasteiger partial charge in [0.25, 0.3) is 0 Å². The molecule has 1 N–H and O–H groups in total. The van der Waals surface area contributed by atoms with Gasteiger partial charge in [-0.25, -0.2) is 0 Å². The maximum absolute atomic E-state index is 4.31. The zero-order valence-electron chi connectivity index (χ0n) is 11.4. The Morgan fingerprint density at radius 1 is 1.22 bits per heavy atom. The van der Waals surface area contributed by atoms with Crippen LogP contribution >= 0.6 is 0 Å². The highest BCUT2D eigenvalue weighted by atomic mass is 15.3. The molecule has 4 heteroatoms. The Morgan fingerprint density at radius 2 is 2.06 bits per heavy atom. The number of hydrogen-bond acceptors (Lipinski definition) is 3. The SMILES string of the molecule is Cn1cc(N2CCCNC3(CCCCC3)C2)cn1. The Labute approximate surface area is 109 Å². The van der Waals surface area contributed by atoms with Crippen LogP contribution in [0.5, 0.6) is 0 Å². The van der Waals surface area contributed by atoms with Gasteiger partial charge in [-0.2, -0.15) is 5.10 Å². The molecule has 1 spiro atoms. The van der Waals surface area contributed by atoms with Gasteiger partial charge < -0.3 is 10.2 Å². The molecule has 0 radical (unpaired) electrons. The van der Waals surface area contributed by atoms with Crippen molar-refractivity contribution < 1.29 is 0 Å². The minimum atomic E-state index is 0.366. The molecule has 1 aliphatic carbocycles. The molecule has 2 aliphatic rings. The second-order valence-corrected chi connectivity index (χ2v) is 5.92. The van der Waals surface area contributed by atoms with Gasteiger partial charge in [-0.3, -0.25) is 4.68 Å². The first kappa shape index (κ1) is 12.0. The topological polar surface area (TPSA) is 33.1 Å². The average Bonchev–Trinajstić information content (AvgIpc) is 2.71. The Balaban J connectivity index is 1.78. The maximum Gasteiger partial charge on any atom is 0.0753 e. The molecule has 0 aromatic carbocycles. The van der Waals surface area contributed by atoms with Crippen molar-refractivity contribution in [1.82, 2.24) is 15.1 Å². The number of rotatable bonds is 1. The zero-order chi connectivity index (χ0) is 12.4. The first-order chi connectivity index (χ1) is 8.77. The van der Waals surface area contributed by atoms with Crippen LogP contribution < -0.4 is 10.2 Å². The van der Waals surface area contributed by atoms with E-state index in [1.165, 1.54) is 44.2 Å². The summed E-state index contributed by atoms with van der Waals surface area (Å²) in [5, 5.41) is 8.15. The van der Waals surface area contributed by atoms with E-state index in [-0.39, 0.29) is 0 Å². The average molecular weight is 248 g/mol. The van der Waals surface area contributed by atoms with E-state index in [4.69, 9.17) is 0 Å². The molecule has 1 aliphatic heterocycles. The molecule has 0 atom stereocenters. The van der Waals surface area contributed by atoms with Gasteiger partial charge in [-0.05, 0) is 25.8 Å². The number of aromatic nitrogens is 2. The lowest BCUT2D eigenvalue weighted by Crippen LogP contribution is -2.52. The minimum Gasteiger partial charge on any atom is -0.367 e. The smallest absolute Gasteiger partial charge is 0.0753 e. The molecule has 100 valence electrons. The van der Waals surface area contributed by atoms with Crippen molar-refractivity contribution in [3.63, 3.8) is 0 Å². The quantitative estimate of drug-likeness (QED) is 0.824. The molecule has 2 fully saturated rings. The highest BCUT2D eigenvalue weighted by Gasteiger charge is 2.35. The van der Waals surface area contributed by atoms with E-state index in [2.05, 4.69) is 21.5 Å². The lowest BCUT2D eigenvalue weighted by atomic mass is 9.81. The number of anilines is 1. The molecule has 2 heterocycles. The second-order valence-electron chi connectivity index (χ2n) is 5.92. The van der Waals surface area contributed by atoms with Crippen LogP contribution in [-0.4, -0.2) is 35.0 Å². The zero-order valence-corrected chi connectivity index (χ0v) is 11.4. The summed E-state index contributed by atoms with van der Waals surface area (Å²) in [6.45, 7) is 3.47. The van der Waals surface area contributed by atoms with Crippen LogP contribution in [-0.2, 0) is 7.05 Å². The number of nitrogens with zero attached hydrogens (tertiary/aromatic N) is 3. The van der Waals surface area contributed by atoms with Crippen LogP contribution in [0.2, 0.25) is 0 Å². The summed E-state index contributed by atoms with van der Waals surface area (Å²) >= 11 is 0. The molecule has 3 rings (SSSR count). The van der Waals surface area contributed by atoms with Crippen molar-refractivity contribution in [2.75, 3.05) is 24.5 Å². The predicted octanol–water partition coefficient (Wildman–Crippen LogP) is 1.92. The van der Waals surface area contributed by atoms with E-state index in [1.54, 1.807) is 0 Å². The Bertz CT molecular complexity index is 392. The Hall–Kier alpha value is -1.03. The summed E-state index contributed by atoms with van der Waals surface area (Å²) in [5.41, 5.74) is 1.65. The molecule has 0 bridgehead atoms. The van der Waals surface area contributed by atoms with Gasteiger partial charge in [0.2, 0.25) is 0 Å². The van der Waals surface area contributed by atoms with Gasteiger partial charge in [0, 0.05) is 31.9 Å². The normalized spacial score (nSPS) is 24.2. The Kier molecular flexibility index (Phi) is 3.29.